The predicted molar refractivity (Wildman–Crippen MR) is 83.6 cm³/mol. The summed E-state index contributed by atoms with van der Waals surface area (Å²) in [6.07, 6.45) is 2.43. The van der Waals surface area contributed by atoms with Gasteiger partial charge in [0, 0.05) is 19.7 Å². The van der Waals surface area contributed by atoms with Gasteiger partial charge < -0.3 is 5.32 Å². The Bertz CT molecular complexity index is 575. The molecule has 0 bridgehead atoms. The van der Waals surface area contributed by atoms with Crippen LogP contribution in [0, 0.1) is 3.57 Å². The smallest absolute Gasteiger partial charge is 0.142 e. The first kappa shape index (κ1) is 13.8. The molecule has 0 aliphatic heterocycles. The molecule has 3 nitrogen and oxygen atoms in total. The van der Waals surface area contributed by atoms with E-state index in [1.54, 1.807) is 12.3 Å². The molecule has 1 aromatic heterocycles. The van der Waals surface area contributed by atoms with E-state index in [1.165, 1.54) is 0 Å². The number of nitrogens with one attached hydrogen (secondary N) is 1. The van der Waals surface area contributed by atoms with E-state index in [0.717, 1.165) is 20.8 Å². The minimum Gasteiger partial charge on any atom is -0.372 e. The van der Waals surface area contributed by atoms with Crippen LogP contribution in [-0.2, 0) is 6.42 Å². The number of aromatic nitrogens is 2. The Hall–Kier alpha value is -0.590. The average molecular weight is 394 g/mol. The van der Waals surface area contributed by atoms with Gasteiger partial charge in [-0.2, -0.15) is 0 Å². The highest BCUT2D eigenvalue weighted by Gasteiger charge is 2.06. The summed E-state index contributed by atoms with van der Waals surface area (Å²) in [5.41, 5.74) is 1.03. The minimum absolute atomic E-state index is 0.550. The van der Waals surface area contributed by atoms with Gasteiger partial charge in [-0.25, -0.2) is 9.97 Å². The van der Waals surface area contributed by atoms with E-state index in [0.29, 0.717) is 16.5 Å². The van der Waals surface area contributed by atoms with Crippen LogP contribution in [-0.4, -0.2) is 17.0 Å². The lowest BCUT2D eigenvalue weighted by atomic mass is 10.1. The molecule has 0 atom stereocenters. The van der Waals surface area contributed by atoms with E-state index in [-0.39, 0.29) is 0 Å². The maximum atomic E-state index is 5.98. The van der Waals surface area contributed by atoms with Gasteiger partial charge in [-0.1, -0.05) is 29.3 Å². The Morgan fingerprint density at radius 1 is 1.28 bits per heavy atom. The maximum absolute atomic E-state index is 5.98. The van der Waals surface area contributed by atoms with E-state index < -0.39 is 0 Å². The molecular weight excluding hydrogens is 384 g/mol. The van der Waals surface area contributed by atoms with E-state index in [4.69, 9.17) is 23.2 Å². The number of nitrogens with zero attached hydrogens (tertiary/aromatic N) is 2. The van der Waals surface area contributed by atoms with Crippen LogP contribution in [0.2, 0.25) is 10.0 Å². The largest absolute Gasteiger partial charge is 0.372 e. The first-order valence-corrected chi connectivity index (χ1v) is 7.06. The summed E-state index contributed by atoms with van der Waals surface area (Å²) in [6.45, 7) is 0. The number of halogens is 3. The average Bonchev–Trinajstić information content (AvgIpc) is 2.36. The summed E-state index contributed by atoms with van der Waals surface area (Å²) < 4.78 is 0.994. The fraction of sp³-hybridized carbons (Fsp3) is 0.167. The lowest BCUT2D eigenvalue weighted by Crippen LogP contribution is -2.02. The lowest BCUT2D eigenvalue weighted by Gasteiger charge is -2.06. The van der Waals surface area contributed by atoms with Gasteiger partial charge in [0.1, 0.15) is 11.6 Å². The number of anilines is 1. The highest BCUT2D eigenvalue weighted by molar-refractivity contribution is 14.1. The number of hydrogen-bond donors (Lipinski definition) is 1. The third kappa shape index (κ3) is 3.24. The van der Waals surface area contributed by atoms with Crippen molar-refractivity contribution < 1.29 is 0 Å². The van der Waals surface area contributed by atoms with E-state index >= 15 is 0 Å². The summed E-state index contributed by atoms with van der Waals surface area (Å²) in [4.78, 5) is 8.73. The molecule has 1 heterocycles. The first-order valence-electron chi connectivity index (χ1n) is 5.23. The van der Waals surface area contributed by atoms with Crippen LogP contribution in [0.4, 0.5) is 5.82 Å². The zero-order valence-corrected chi connectivity index (χ0v) is 13.2. The van der Waals surface area contributed by atoms with Crippen molar-refractivity contribution in [3.05, 3.63) is 49.4 Å². The summed E-state index contributed by atoms with van der Waals surface area (Å²) in [5, 5.41) is 4.14. The van der Waals surface area contributed by atoms with E-state index in [1.807, 2.05) is 19.2 Å². The maximum Gasteiger partial charge on any atom is 0.142 e. The molecule has 2 aromatic rings. The Morgan fingerprint density at radius 2 is 2.06 bits per heavy atom. The highest BCUT2D eigenvalue weighted by atomic mass is 127. The predicted octanol–water partition coefficient (Wildman–Crippen LogP) is 4.02. The standard InChI is InChI=1S/C12H10Cl2IN3/c1-16-12-10(15)6-17-11(18-12)5-7-2-3-8(13)9(14)4-7/h2-4,6H,5H2,1H3,(H,16,17,18). The quantitative estimate of drug-likeness (QED) is 0.800. The molecule has 1 N–H and O–H groups in total. The Morgan fingerprint density at radius 3 is 2.72 bits per heavy atom. The molecule has 0 unspecified atom stereocenters. The molecule has 0 saturated heterocycles. The normalized spacial score (nSPS) is 10.4. The molecule has 6 heteroatoms. The van der Waals surface area contributed by atoms with Crippen molar-refractivity contribution in [2.24, 2.45) is 0 Å². The van der Waals surface area contributed by atoms with Crippen molar-refractivity contribution >= 4 is 51.6 Å². The van der Waals surface area contributed by atoms with Crippen LogP contribution >= 0.6 is 45.8 Å². The molecule has 0 fully saturated rings. The number of benzene rings is 1. The molecule has 1 aromatic carbocycles. The van der Waals surface area contributed by atoms with Gasteiger partial charge in [-0.15, -0.1) is 0 Å². The van der Waals surface area contributed by atoms with Crippen LogP contribution in [0.5, 0.6) is 0 Å². The summed E-state index contributed by atoms with van der Waals surface area (Å²) in [6, 6.07) is 5.55. The van der Waals surface area contributed by atoms with Crippen LogP contribution < -0.4 is 5.32 Å². The summed E-state index contributed by atoms with van der Waals surface area (Å²) in [7, 11) is 1.84. The van der Waals surface area contributed by atoms with Crippen molar-refractivity contribution in [2.75, 3.05) is 12.4 Å². The van der Waals surface area contributed by atoms with Gasteiger partial charge in [-0.3, -0.25) is 0 Å². The zero-order valence-electron chi connectivity index (χ0n) is 9.54. The van der Waals surface area contributed by atoms with Crippen molar-refractivity contribution in [1.82, 2.24) is 9.97 Å². The van der Waals surface area contributed by atoms with Crippen LogP contribution in [0.25, 0.3) is 0 Å². The highest BCUT2D eigenvalue weighted by Crippen LogP contribution is 2.23. The Kier molecular flexibility index (Phi) is 4.64. The summed E-state index contributed by atoms with van der Waals surface area (Å²) >= 11 is 14.0. The second-order valence-electron chi connectivity index (χ2n) is 3.66. The monoisotopic (exact) mass is 393 g/mol. The fourth-order valence-corrected chi connectivity index (χ4v) is 2.35. The van der Waals surface area contributed by atoms with Crippen LogP contribution in [0.3, 0.4) is 0 Å². The van der Waals surface area contributed by atoms with Crippen molar-refractivity contribution in [3.63, 3.8) is 0 Å². The lowest BCUT2D eigenvalue weighted by molar-refractivity contribution is 0.963. The van der Waals surface area contributed by atoms with E-state index in [2.05, 4.69) is 37.9 Å². The van der Waals surface area contributed by atoms with Crippen LogP contribution in [0.15, 0.2) is 24.4 Å². The van der Waals surface area contributed by atoms with Gasteiger partial charge in [0.2, 0.25) is 0 Å². The molecule has 0 amide bonds. The minimum atomic E-state index is 0.550. The molecule has 94 valence electrons. The Balaban J connectivity index is 2.25. The molecule has 0 aliphatic carbocycles. The number of rotatable bonds is 3. The van der Waals surface area contributed by atoms with Gasteiger partial charge in [0.25, 0.3) is 0 Å². The SMILES string of the molecule is CNc1nc(Cc2ccc(Cl)c(Cl)c2)ncc1I. The van der Waals surface area contributed by atoms with Crippen molar-refractivity contribution in [3.8, 4) is 0 Å². The molecule has 0 spiro atoms. The molecule has 2 rings (SSSR count). The summed E-state index contributed by atoms with van der Waals surface area (Å²) in [5.74, 6) is 1.58. The van der Waals surface area contributed by atoms with Crippen molar-refractivity contribution in [1.29, 1.82) is 0 Å². The first-order chi connectivity index (χ1) is 8.60. The van der Waals surface area contributed by atoms with Gasteiger partial charge in [0.05, 0.1) is 13.6 Å². The van der Waals surface area contributed by atoms with E-state index in [9.17, 15) is 0 Å². The van der Waals surface area contributed by atoms with Crippen molar-refractivity contribution in [2.45, 2.75) is 6.42 Å². The molecular formula is C12H10Cl2IN3. The van der Waals surface area contributed by atoms with Gasteiger partial charge >= 0.3 is 0 Å². The second-order valence-corrected chi connectivity index (χ2v) is 5.63. The number of hydrogen-bond acceptors (Lipinski definition) is 3. The zero-order chi connectivity index (χ0) is 13.1. The third-order valence-electron chi connectivity index (χ3n) is 2.38. The molecule has 0 aliphatic rings. The molecule has 0 saturated carbocycles. The topological polar surface area (TPSA) is 37.8 Å². The van der Waals surface area contributed by atoms with Gasteiger partial charge in [-0.05, 0) is 40.3 Å². The van der Waals surface area contributed by atoms with Crippen LogP contribution in [0.1, 0.15) is 11.4 Å². The fourth-order valence-electron chi connectivity index (χ4n) is 1.50. The third-order valence-corrected chi connectivity index (χ3v) is 3.91. The molecule has 0 radical (unpaired) electrons. The second kappa shape index (κ2) is 6.04. The Labute approximate surface area is 129 Å². The van der Waals surface area contributed by atoms with Gasteiger partial charge in [0.15, 0.2) is 0 Å². The molecule has 18 heavy (non-hydrogen) atoms.